The van der Waals surface area contributed by atoms with Gasteiger partial charge in [-0.3, -0.25) is 14.6 Å². The molecule has 2 aliphatic rings. The van der Waals surface area contributed by atoms with Gasteiger partial charge in [-0.25, -0.2) is 4.79 Å². The molecular weight excluding hydrogens is 438 g/mol. The van der Waals surface area contributed by atoms with Gasteiger partial charge in [-0.1, -0.05) is 26.0 Å². The van der Waals surface area contributed by atoms with E-state index in [0.717, 1.165) is 51.7 Å². The Bertz CT molecular complexity index is 1050. The molecule has 35 heavy (non-hydrogen) atoms. The number of fused-ring (bicyclic) bond motifs is 2. The van der Waals surface area contributed by atoms with Gasteiger partial charge in [0.15, 0.2) is 0 Å². The van der Waals surface area contributed by atoms with Crippen molar-refractivity contribution in [3.05, 3.63) is 35.0 Å². The third kappa shape index (κ3) is 5.12. The minimum absolute atomic E-state index is 0.0180. The molecule has 1 unspecified atom stereocenters. The molecule has 1 aromatic carbocycles. The number of H-pyrrole nitrogens is 1. The van der Waals surface area contributed by atoms with Crippen molar-refractivity contribution in [3.63, 3.8) is 0 Å². The standard InChI is InChI=1S/C28H43N5O2/c1-6-13-32-18-19(27(34)33(28(35)29-8-3)15-10-14-31(4)5)16-21-20-11-9-12-24-26(20)22(17-25(21)32)23(7-2)30-24/h9,11-12,19,21,25,30H,6-8,10,13-18H2,1-5H3,(H,29,35)/t19?,21-,25-/m1/s1. The van der Waals surface area contributed by atoms with Crippen LogP contribution in [0.4, 0.5) is 4.79 Å². The van der Waals surface area contributed by atoms with Gasteiger partial charge >= 0.3 is 6.03 Å². The average Bonchev–Trinajstić information content (AvgIpc) is 3.20. The number of carbonyl (C=O) groups excluding carboxylic acids is 2. The average molecular weight is 482 g/mol. The number of hydrogen-bond acceptors (Lipinski definition) is 4. The highest BCUT2D eigenvalue weighted by Gasteiger charge is 2.44. The van der Waals surface area contributed by atoms with E-state index in [0.29, 0.717) is 25.0 Å². The molecule has 2 heterocycles. The Labute approximate surface area is 210 Å². The second-order valence-corrected chi connectivity index (χ2v) is 10.5. The zero-order valence-electron chi connectivity index (χ0n) is 22.2. The predicted molar refractivity (Wildman–Crippen MR) is 142 cm³/mol. The van der Waals surface area contributed by atoms with Gasteiger partial charge in [0.2, 0.25) is 5.91 Å². The third-order valence-electron chi connectivity index (χ3n) is 7.83. The minimum Gasteiger partial charge on any atom is -0.358 e. The van der Waals surface area contributed by atoms with Crippen LogP contribution in [0.25, 0.3) is 10.9 Å². The number of likely N-dealkylation sites (tertiary alicyclic amines) is 1. The number of carbonyl (C=O) groups is 2. The van der Waals surface area contributed by atoms with E-state index in [2.05, 4.69) is 52.1 Å². The molecule has 4 rings (SSSR count). The molecule has 2 N–H and O–H groups in total. The summed E-state index contributed by atoms with van der Waals surface area (Å²) in [4.78, 5) is 36.6. The number of urea groups is 1. The second kappa shape index (κ2) is 11.1. The number of aromatic amines is 1. The molecule has 1 aliphatic carbocycles. The van der Waals surface area contributed by atoms with Crippen molar-refractivity contribution in [3.8, 4) is 0 Å². The van der Waals surface area contributed by atoms with Crippen molar-refractivity contribution in [2.24, 2.45) is 5.92 Å². The maximum Gasteiger partial charge on any atom is 0.324 e. The van der Waals surface area contributed by atoms with Crippen molar-refractivity contribution < 1.29 is 9.59 Å². The summed E-state index contributed by atoms with van der Waals surface area (Å²) in [5, 5.41) is 4.25. The molecule has 1 saturated heterocycles. The number of amides is 3. The smallest absolute Gasteiger partial charge is 0.324 e. The molecule has 1 aromatic heterocycles. The zero-order valence-corrected chi connectivity index (χ0v) is 22.2. The van der Waals surface area contributed by atoms with Gasteiger partial charge in [0.1, 0.15) is 0 Å². The highest BCUT2D eigenvalue weighted by Crippen LogP contribution is 2.46. The van der Waals surface area contributed by atoms with Crippen LogP contribution in [0.1, 0.15) is 62.8 Å². The molecule has 1 fully saturated rings. The molecule has 0 spiro atoms. The molecule has 3 amide bonds. The summed E-state index contributed by atoms with van der Waals surface area (Å²) in [6, 6.07) is 6.75. The number of hydrogen-bond donors (Lipinski definition) is 2. The Morgan fingerprint density at radius 2 is 1.97 bits per heavy atom. The van der Waals surface area contributed by atoms with Crippen molar-refractivity contribution in [1.29, 1.82) is 0 Å². The Kier molecular flexibility index (Phi) is 8.17. The first-order valence-electron chi connectivity index (χ1n) is 13.5. The number of imide groups is 1. The Hall–Kier alpha value is -2.38. The first kappa shape index (κ1) is 25.7. The summed E-state index contributed by atoms with van der Waals surface area (Å²) in [6.07, 6.45) is 4.67. The van der Waals surface area contributed by atoms with Crippen molar-refractivity contribution in [1.82, 2.24) is 25.0 Å². The molecule has 1 aliphatic heterocycles. The van der Waals surface area contributed by atoms with Gasteiger partial charge in [0.25, 0.3) is 0 Å². The highest BCUT2D eigenvalue weighted by atomic mass is 16.2. The molecule has 3 atom stereocenters. The summed E-state index contributed by atoms with van der Waals surface area (Å²) >= 11 is 0. The molecular formula is C28H43N5O2. The summed E-state index contributed by atoms with van der Waals surface area (Å²) in [7, 11) is 4.04. The van der Waals surface area contributed by atoms with E-state index in [1.807, 2.05) is 21.0 Å². The lowest BCUT2D eigenvalue weighted by atomic mass is 9.71. The first-order valence-corrected chi connectivity index (χ1v) is 13.5. The van der Waals surface area contributed by atoms with Crippen molar-refractivity contribution in [2.75, 3.05) is 46.8 Å². The fourth-order valence-electron chi connectivity index (χ4n) is 6.31. The van der Waals surface area contributed by atoms with Crippen LogP contribution in [-0.4, -0.2) is 84.5 Å². The van der Waals surface area contributed by atoms with Crippen LogP contribution in [0.5, 0.6) is 0 Å². The van der Waals surface area contributed by atoms with Crippen LogP contribution >= 0.6 is 0 Å². The van der Waals surface area contributed by atoms with Crippen LogP contribution in [-0.2, 0) is 17.6 Å². The lowest BCUT2D eigenvalue weighted by Gasteiger charge is -2.47. The summed E-state index contributed by atoms with van der Waals surface area (Å²) < 4.78 is 0. The number of benzene rings is 1. The van der Waals surface area contributed by atoms with Crippen LogP contribution in [0.15, 0.2) is 18.2 Å². The quantitative estimate of drug-likeness (QED) is 0.568. The Balaban J connectivity index is 1.65. The zero-order chi connectivity index (χ0) is 25.1. The molecule has 0 radical (unpaired) electrons. The third-order valence-corrected chi connectivity index (χ3v) is 7.83. The van der Waals surface area contributed by atoms with Crippen LogP contribution < -0.4 is 5.32 Å². The highest BCUT2D eigenvalue weighted by molar-refractivity contribution is 5.96. The lowest BCUT2D eigenvalue weighted by Crippen LogP contribution is -2.55. The van der Waals surface area contributed by atoms with Crippen molar-refractivity contribution in [2.45, 2.75) is 64.8 Å². The fraction of sp³-hybridized carbons (Fsp3) is 0.643. The molecule has 0 bridgehead atoms. The van der Waals surface area contributed by atoms with E-state index in [1.54, 1.807) is 0 Å². The molecule has 7 nitrogen and oxygen atoms in total. The second-order valence-electron chi connectivity index (χ2n) is 10.5. The first-order chi connectivity index (χ1) is 16.9. The summed E-state index contributed by atoms with van der Waals surface area (Å²) in [5.41, 5.74) is 5.41. The van der Waals surface area contributed by atoms with Crippen molar-refractivity contribution >= 4 is 22.8 Å². The van der Waals surface area contributed by atoms with E-state index < -0.39 is 0 Å². The maximum absolute atomic E-state index is 13.9. The molecule has 192 valence electrons. The Morgan fingerprint density at radius 1 is 1.17 bits per heavy atom. The van der Waals surface area contributed by atoms with Gasteiger partial charge in [0.05, 0.1) is 5.92 Å². The topological polar surface area (TPSA) is 71.7 Å². The predicted octanol–water partition coefficient (Wildman–Crippen LogP) is 3.98. The van der Waals surface area contributed by atoms with Crippen LogP contribution in [0, 0.1) is 5.92 Å². The van der Waals surface area contributed by atoms with Gasteiger partial charge in [-0.15, -0.1) is 0 Å². The molecule has 2 aromatic rings. The number of rotatable bonds is 9. The van der Waals surface area contributed by atoms with E-state index >= 15 is 0 Å². The number of nitrogens with zero attached hydrogens (tertiary/aromatic N) is 3. The van der Waals surface area contributed by atoms with E-state index in [4.69, 9.17) is 0 Å². The fourth-order valence-corrected chi connectivity index (χ4v) is 6.31. The maximum atomic E-state index is 13.9. The van der Waals surface area contributed by atoms with Gasteiger partial charge in [-0.05, 0) is 83.4 Å². The van der Waals surface area contributed by atoms with Crippen LogP contribution in [0.3, 0.4) is 0 Å². The number of nitrogens with one attached hydrogen (secondary N) is 2. The normalized spacial score (nSPS) is 21.8. The van der Waals surface area contributed by atoms with Gasteiger partial charge in [0, 0.05) is 48.2 Å². The SMILES string of the molecule is CCCN1CC(C(=O)N(CCCN(C)C)C(=O)NCC)C[C@@H]2c3cccc4[nH]c(CC)c(c34)C[C@H]21. The number of piperidine rings is 1. The van der Waals surface area contributed by atoms with E-state index in [9.17, 15) is 9.59 Å². The van der Waals surface area contributed by atoms with E-state index in [1.165, 1.54) is 32.6 Å². The molecule has 7 heteroatoms. The monoisotopic (exact) mass is 481 g/mol. The summed E-state index contributed by atoms with van der Waals surface area (Å²) in [5.74, 6) is 0.112. The van der Waals surface area contributed by atoms with E-state index in [-0.39, 0.29) is 17.9 Å². The minimum atomic E-state index is -0.258. The molecule has 0 saturated carbocycles. The van der Waals surface area contributed by atoms with Gasteiger partial charge < -0.3 is 15.2 Å². The van der Waals surface area contributed by atoms with Gasteiger partial charge in [-0.2, -0.15) is 0 Å². The largest absolute Gasteiger partial charge is 0.358 e. The Morgan fingerprint density at radius 3 is 2.66 bits per heavy atom. The lowest BCUT2D eigenvalue weighted by molar-refractivity contribution is -0.135. The summed E-state index contributed by atoms with van der Waals surface area (Å²) in [6.45, 7) is 9.86. The van der Waals surface area contributed by atoms with Crippen LogP contribution in [0.2, 0.25) is 0 Å². The number of aryl methyl sites for hydroxylation is 1. The number of aromatic nitrogens is 1.